The minimum absolute atomic E-state index is 0.00191. The molecule has 0 spiro atoms. The highest BCUT2D eigenvalue weighted by Crippen LogP contribution is 2.17. The summed E-state index contributed by atoms with van der Waals surface area (Å²) < 4.78 is 31.2. The van der Waals surface area contributed by atoms with Gasteiger partial charge >= 0.3 is 12.3 Å². The van der Waals surface area contributed by atoms with Gasteiger partial charge < -0.3 is 10.1 Å². The van der Waals surface area contributed by atoms with Crippen molar-refractivity contribution in [1.29, 1.82) is 0 Å². The van der Waals surface area contributed by atoms with Gasteiger partial charge in [0.1, 0.15) is 18.1 Å². The summed E-state index contributed by atoms with van der Waals surface area (Å²) in [5.74, 6) is 0.295. The number of fused-ring (bicyclic) bond motifs is 1. The molecular weight excluding hydrogens is 334 g/mol. The van der Waals surface area contributed by atoms with Crippen LogP contribution >= 0.6 is 0 Å². The van der Waals surface area contributed by atoms with E-state index in [1.165, 1.54) is 24.3 Å². The van der Waals surface area contributed by atoms with Gasteiger partial charge in [0.25, 0.3) is 0 Å². The van der Waals surface area contributed by atoms with Crippen molar-refractivity contribution in [2.24, 2.45) is 0 Å². The van der Waals surface area contributed by atoms with E-state index < -0.39 is 12.5 Å². The van der Waals surface area contributed by atoms with Gasteiger partial charge in [-0.25, -0.2) is 9.48 Å². The van der Waals surface area contributed by atoms with Gasteiger partial charge in [0.2, 0.25) is 5.91 Å². The lowest BCUT2D eigenvalue weighted by molar-refractivity contribution is -0.117. The number of benzene rings is 1. The molecule has 2 aromatic rings. The standard InChI is InChI=1S/C16H18F2N4O3/c17-15(18)25-12-7-5-11(6-8-12)19-14(23)10-22-16(24)21-9-3-1-2-4-13(21)20-22/h5-8,15H,1-4,9-10H2,(H,19,23). The number of aromatic nitrogens is 3. The largest absolute Gasteiger partial charge is 0.435 e. The lowest BCUT2D eigenvalue weighted by Crippen LogP contribution is -2.30. The van der Waals surface area contributed by atoms with E-state index in [0.29, 0.717) is 18.1 Å². The molecule has 7 nitrogen and oxygen atoms in total. The van der Waals surface area contributed by atoms with Crippen molar-refractivity contribution in [3.8, 4) is 5.75 Å². The summed E-state index contributed by atoms with van der Waals surface area (Å²) >= 11 is 0. The molecule has 1 amide bonds. The van der Waals surface area contributed by atoms with Crippen LogP contribution in [0.25, 0.3) is 0 Å². The number of rotatable bonds is 5. The van der Waals surface area contributed by atoms with Gasteiger partial charge in [0.15, 0.2) is 0 Å². The molecule has 1 aromatic heterocycles. The van der Waals surface area contributed by atoms with E-state index in [4.69, 9.17) is 0 Å². The number of halogens is 2. The van der Waals surface area contributed by atoms with Crippen LogP contribution < -0.4 is 15.7 Å². The lowest BCUT2D eigenvalue weighted by Gasteiger charge is -2.07. The number of nitrogens with one attached hydrogen (secondary N) is 1. The van der Waals surface area contributed by atoms with Crippen LogP contribution in [0.4, 0.5) is 14.5 Å². The van der Waals surface area contributed by atoms with Gasteiger partial charge in [0, 0.05) is 18.7 Å². The zero-order valence-corrected chi connectivity index (χ0v) is 13.5. The monoisotopic (exact) mass is 352 g/mol. The summed E-state index contributed by atoms with van der Waals surface area (Å²) in [7, 11) is 0. The molecule has 0 aliphatic carbocycles. The Labute approximate surface area is 142 Å². The van der Waals surface area contributed by atoms with E-state index in [1.54, 1.807) is 4.57 Å². The minimum atomic E-state index is -2.90. The van der Waals surface area contributed by atoms with Gasteiger partial charge in [-0.15, -0.1) is 0 Å². The average molecular weight is 352 g/mol. The number of nitrogens with zero attached hydrogens (tertiary/aromatic N) is 3. The van der Waals surface area contributed by atoms with E-state index in [9.17, 15) is 18.4 Å². The van der Waals surface area contributed by atoms with Crippen molar-refractivity contribution < 1.29 is 18.3 Å². The Morgan fingerprint density at radius 1 is 1.24 bits per heavy atom. The second-order valence-electron chi connectivity index (χ2n) is 5.77. The molecule has 3 rings (SSSR count). The fraction of sp³-hybridized carbons (Fsp3) is 0.438. The molecule has 2 heterocycles. The van der Waals surface area contributed by atoms with E-state index in [-0.39, 0.29) is 18.0 Å². The molecule has 1 N–H and O–H groups in total. The number of amides is 1. The Balaban J connectivity index is 1.64. The second kappa shape index (κ2) is 7.45. The number of carbonyl (C=O) groups is 1. The Morgan fingerprint density at radius 2 is 2.00 bits per heavy atom. The number of hydrogen-bond donors (Lipinski definition) is 1. The van der Waals surface area contributed by atoms with E-state index in [0.717, 1.165) is 30.4 Å². The third-order valence-electron chi connectivity index (χ3n) is 3.94. The highest BCUT2D eigenvalue weighted by atomic mass is 19.3. The van der Waals surface area contributed by atoms with Crippen LogP contribution in [0.2, 0.25) is 0 Å². The van der Waals surface area contributed by atoms with Crippen LogP contribution in [0.3, 0.4) is 0 Å². The lowest BCUT2D eigenvalue weighted by atomic mass is 10.2. The van der Waals surface area contributed by atoms with Crippen LogP contribution in [0, 0.1) is 0 Å². The molecule has 1 aliphatic heterocycles. The van der Waals surface area contributed by atoms with Crippen molar-refractivity contribution in [2.75, 3.05) is 5.32 Å². The molecule has 0 fully saturated rings. The first-order valence-electron chi connectivity index (χ1n) is 8.04. The molecule has 9 heteroatoms. The third kappa shape index (κ3) is 4.23. The zero-order valence-electron chi connectivity index (χ0n) is 13.5. The van der Waals surface area contributed by atoms with Gasteiger partial charge in [-0.05, 0) is 37.1 Å². The summed E-state index contributed by atoms with van der Waals surface area (Å²) in [6.45, 7) is -2.47. The Bertz CT molecular complexity index is 799. The molecule has 0 saturated heterocycles. The quantitative estimate of drug-likeness (QED) is 0.893. The van der Waals surface area contributed by atoms with Crippen LogP contribution in [0.1, 0.15) is 25.1 Å². The molecule has 1 aliphatic rings. The minimum Gasteiger partial charge on any atom is -0.435 e. The number of hydrogen-bond acceptors (Lipinski definition) is 4. The van der Waals surface area contributed by atoms with Crippen molar-refractivity contribution in [1.82, 2.24) is 14.3 Å². The maximum absolute atomic E-state index is 12.3. The average Bonchev–Trinajstić information content (AvgIpc) is 2.74. The zero-order chi connectivity index (χ0) is 17.8. The number of aryl methyl sites for hydroxylation is 1. The van der Waals surface area contributed by atoms with Gasteiger partial charge in [-0.2, -0.15) is 13.9 Å². The maximum Gasteiger partial charge on any atom is 0.387 e. The summed E-state index contributed by atoms with van der Waals surface area (Å²) in [5, 5.41) is 6.84. The van der Waals surface area contributed by atoms with Crippen molar-refractivity contribution in [3.63, 3.8) is 0 Å². The number of alkyl halides is 2. The Morgan fingerprint density at radius 3 is 2.72 bits per heavy atom. The molecule has 1 aromatic carbocycles. The number of carbonyl (C=O) groups excluding carboxylic acids is 1. The normalized spacial score (nSPS) is 14.0. The van der Waals surface area contributed by atoms with Crippen molar-refractivity contribution in [3.05, 3.63) is 40.6 Å². The second-order valence-corrected chi connectivity index (χ2v) is 5.77. The summed E-state index contributed by atoms with van der Waals surface area (Å²) in [6.07, 6.45) is 3.71. The van der Waals surface area contributed by atoms with Crippen LogP contribution in [-0.4, -0.2) is 26.9 Å². The first-order valence-corrected chi connectivity index (χ1v) is 8.04. The molecule has 0 saturated carbocycles. The predicted molar refractivity (Wildman–Crippen MR) is 85.7 cm³/mol. The molecule has 134 valence electrons. The maximum atomic E-state index is 12.3. The number of ether oxygens (including phenoxy) is 1. The molecule has 25 heavy (non-hydrogen) atoms. The highest BCUT2D eigenvalue weighted by molar-refractivity contribution is 5.90. The Kier molecular flexibility index (Phi) is 5.11. The van der Waals surface area contributed by atoms with Crippen LogP contribution in [0.5, 0.6) is 5.75 Å². The van der Waals surface area contributed by atoms with E-state index in [2.05, 4.69) is 15.2 Å². The fourth-order valence-corrected chi connectivity index (χ4v) is 2.78. The van der Waals surface area contributed by atoms with Crippen molar-refractivity contribution in [2.45, 2.75) is 45.4 Å². The summed E-state index contributed by atoms with van der Waals surface area (Å²) in [4.78, 5) is 24.4. The first-order chi connectivity index (χ1) is 12.0. The third-order valence-corrected chi connectivity index (χ3v) is 3.94. The van der Waals surface area contributed by atoms with Crippen LogP contribution in [-0.2, 0) is 24.3 Å². The van der Waals surface area contributed by atoms with E-state index in [1.807, 2.05) is 0 Å². The molecule has 0 atom stereocenters. The summed E-state index contributed by atoms with van der Waals surface area (Å²) in [5.41, 5.74) is 0.133. The Hall–Kier alpha value is -2.71. The van der Waals surface area contributed by atoms with Gasteiger partial charge in [0.05, 0.1) is 0 Å². The topological polar surface area (TPSA) is 78.2 Å². The van der Waals surface area contributed by atoms with E-state index >= 15 is 0 Å². The van der Waals surface area contributed by atoms with Gasteiger partial charge in [-0.1, -0.05) is 6.42 Å². The molecule has 0 bridgehead atoms. The predicted octanol–water partition coefficient (Wildman–Crippen LogP) is 2.01. The first kappa shape index (κ1) is 17.1. The van der Waals surface area contributed by atoms with Crippen molar-refractivity contribution >= 4 is 11.6 Å². The van der Waals surface area contributed by atoms with Crippen LogP contribution in [0.15, 0.2) is 29.1 Å². The molecular formula is C16H18F2N4O3. The number of anilines is 1. The fourth-order valence-electron chi connectivity index (χ4n) is 2.78. The van der Waals surface area contributed by atoms with Gasteiger partial charge in [-0.3, -0.25) is 9.36 Å². The molecule has 0 unspecified atom stereocenters. The smallest absolute Gasteiger partial charge is 0.387 e. The summed E-state index contributed by atoms with van der Waals surface area (Å²) in [6, 6.07) is 5.54. The SMILES string of the molecule is O=C(Cn1nc2n(c1=O)CCCCC2)Nc1ccc(OC(F)F)cc1. The molecule has 0 radical (unpaired) electrons. The highest BCUT2D eigenvalue weighted by Gasteiger charge is 2.17.